The highest BCUT2D eigenvalue weighted by Gasteiger charge is 2.32. The van der Waals surface area contributed by atoms with Gasteiger partial charge in [0.1, 0.15) is 17.5 Å². The number of nitrogens with one attached hydrogen (secondary N) is 2. The van der Waals surface area contributed by atoms with E-state index >= 15 is 0 Å². The zero-order valence-electron chi connectivity index (χ0n) is 20.0. The molecule has 3 rings (SSSR count). The normalized spacial score (nSPS) is 18.4. The van der Waals surface area contributed by atoms with Gasteiger partial charge < -0.3 is 25.0 Å². The van der Waals surface area contributed by atoms with Gasteiger partial charge in [0.05, 0.1) is 11.3 Å². The maximum atomic E-state index is 13.3. The molecule has 2 N–H and O–H groups in total. The van der Waals surface area contributed by atoms with Gasteiger partial charge in [0.15, 0.2) is 0 Å². The minimum atomic E-state index is -4.55. The van der Waals surface area contributed by atoms with Crippen LogP contribution in [0.25, 0.3) is 0 Å². The Kier molecular flexibility index (Phi) is 8.20. The number of hydrogen-bond donors (Lipinski definition) is 2. The van der Waals surface area contributed by atoms with Crippen LogP contribution < -0.4 is 15.4 Å². The number of anilines is 1. The van der Waals surface area contributed by atoms with Gasteiger partial charge in [-0.3, -0.25) is 0 Å². The van der Waals surface area contributed by atoms with Gasteiger partial charge >= 0.3 is 18.3 Å². The fourth-order valence-electron chi connectivity index (χ4n) is 4.16. The number of rotatable bonds is 4. The van der Waals surface area contributed by atoms with Crippen molar-refractivity contribution in [2.45, 2.75) is 89.6 Å². The number of nitrogens with zero attached hydrogens (tertiary/aromatic N) is 1. The van der Waals surface area contributed by atoms with Crippen LogP contribution in [-0.4, -0.2) is 47.9 Å². The maximum Gasteiger partial charge on any atom is 0.416 e. The van der Waals surface area contributed by atoms with Gasteiger partial charge in [-0.1, -0.05) is 19.3 Å². The second-order valence-corrected chi connectivity index (χ2v) is 9.93. The van der Waals surface area contributed by atoms with E-state index in [0.717, 1.165) is 44.2 Å². The number of piperidine rings is 1. The minimum absolute atomic E-state index is 0.0149. The van der Waals surface area contributed by atoms with E-state index in [-0.39, 0.29) is 23.6 Å². The lowest BCUT2D eigenvalue weighted by Gasteiger charge is -2.33. The lowest BCUT2D eigenvalue weighted by Crippen LogP contribution is -2.44. The number of urea groups is 1. The van der Waals surface area contributed by atoms with E-state index in [2.05, 4.69) is 10.6 Å². The summed E-state index contributed by atoms with van der Waals surface area (Å²) in [6, 6.07) is 2.54. The molecule has 1 aliphatic heterocycles. The molecule has 0 unspecified atom stereocenters. The topological polar surface area (TPSA) is 79.9 Å². The third kappa shape index (κ3) is 7.70. The Morgan fingerprint density at radius 3 is 2.24 bits per heavy atom. The summed E-state index contributed by atoms with van der Waals surface area (Å²) in [6.07, 6.45) is 0.605. The number of hydrogen-bond acceptors (Lipinski definition) is 4. The molecule has 2 aliphatic rings. The number of carbonyl (C=O) groups excluding carboxylic acids is 2. The lowest BCUT2D eigenvalue weighted by molar-refractivity contribution is -0.137. The third-order valence-electron chi connectivity index (χ3n) is 5.88. The minimum Gasteiger partial charge on any atom is -0.488 e. The van der Waals surface area contributed by atoms with Crippen LogP contribution in [0.4, 0.5) is 28.4 Å². The van der Waals surface area contributed by atoms with Crippen molar-refractivity contribution in [1.82, 2.24) is 10.2 Å². The Morgan fingerprint density at radius 2 is 1.65 bits per heavy atom. The second-order valence-electron chi connectivity index (χ2n) is 9.93. The van der Waals surface area contributed by atoms with Crippen molar-refractivity contribution in [3.63, 3.8) is 0 Å². The molecule has 7 nitrogen and oxygen atoms in total. The van der Waals surface area contributed by atoms with E-state index in [1.807, 2.05) is 0 Å². The Morgan fingerprint density at radius 1 is 1.00 bits per heavy atom. The van der Waals surface area contributed by atoms with Gasteiger partial charge in [-0.25, -0.2) is 9.59 Å². The SMILES string of the molecule is CC(C)(C)OC(=O)N1CCC(Oc2ccc(C(F)(F)F)cc2NC(=O)NC2CCCCC2)CC1. The number of amides is 3. The quantitative estimate of drug-likeness (QED) is 0.553. The molecule has 1 aromatic carbocycles. The Bertz CT molecular complexity index is 856. The molecule has 0 bridgehead atoms. The number of benzene rings is 1. The number of likely N-dealkylation sites (tertiary alicyclic amines) is 1. The molecule has 10 heteroatoms. The van der Waals surface area contributed by atoms with Gasteiger partial charge in [0.2, 0.25) is 0 Å². The van der Waals surface area contributed by atoms with Crippen molar-refractivity contribution in [2.24, 2.45) is 0 Å². The van der Waals surface area contributed by atoms with Crippen LogP contribution in [0, 0.1) is 0 Å². The molecule has 0 aromatic heterocycles. The zero-order valence-corrected chi connectivity index (χ0v) is 20.0. The number of alkyl halides is 3. The van der Waals surface area contributed by atoms with Gasteiger partial charge in [-0.2, -0.15) is 13.2 Å². The summed E-state index contributed by atoms with van der Waals surface area (Å²) in [5, 5.41) is 5.40. The smallest absolute Gasteiger partial charge is 0.416 e. The monoisotopic (exact) mass is 485 g/mol. The highest BCUT2D eigenvalue weighted by atomic mass is 19.4. The first-order valence-corrected chi connectivity index (χ1v) is 11.8. The highest BCUT2D eigenvalue weighted by Crippen LogP contribution is 2.36. The first-order chi connectivity index (χ1) is 15.9. The summed E-state index contributed by atoms with van der Waals surface area (Å²) < 4.78 is 51.2. The second kappa shape index (κ2) is 10.7. The van der Waals surface area contributed by atoms with Crippen molar-refractivity contribution >= 4 is 17.8 Å². The van der Waals surface area contributed by atoms with Crippen LogP contribution in [0.2, 0.25) is 0 Å². The van der Waals surface area contributed by atoms with E-state index in [1.165, 1.54) is 6.07 Å². The summed E-state index contributed by atoms with van der Waals surface area (Å²) >= 11 is 0. The van der Waals surface area contributed by atoms with Gasteiger partial charge in [0.25, 0.3) is 0 Å². The summed E-state index contributed by atoms with van der Waals surface area (Å²) in [7, 11) is 0. The van der Waals surface area contributed by atoms with Gasteiger partial charge in [0, 0.05) is 32.0 Å². The molecular formula is C24H34F3N3O4. The Balaban J connectivity index is 1.65. The Labute approximate surface area is 198 Å². The predicted octanol–water partition coefficient (Wildman–Crippen LogP) is 5.94. The van der Waals surface area contributed by atoms with Crippen molar-refractivity contribution in [1.29, 1.82) is 0 Å². The first-order valence-electron chi connectivity index (χ1n) is 11.8. The van der Waals surface area contributed by atoms with E-state index < -0.39 is 29.5 Å². The van der Waals surface area contributed by atoms with Crippen molar-refractivity contribution < 1.29 is 32.2 Å². The fraction of sp³-hybridized carbons (Fsp3) is 0.667. The molecular weight excluding hydrogens is 451 g/mol. The van der Waals surface area contributed by atoms with Gasteiger partial charge in [-0.05, 0) is 51.8 Å². The summed E-state index contributed by atoms with van der Waals surface area (Å²) in [4.78, 5) is 26.3. The molecule has 2 fully saturated rings. The zero-order chi connectivity index (χ0) is 24.9. The summed E-state index contributed by atoms with van der Waals surface area (Å²) in [6.45, 7) is 6.20. The maximum absolute atomic E-state index is 13.3. The molecule has 3 amide bonds. The summed E-state index contributed by atoms with van der Waals surface area (Å²) in [5.74, 6) is 0.169. The molecule has 1 aromatic rings. The fourth-order valence-corrected chi connectivity index (χ4v) is 4.16. The molecule has 0 spiro atoms. The van der Waals surface area contributed by atoms with Gasteiger partial charge in [-0.15, -0.1) is 0 Å². The first kappa shape index (κ1) is 26.0. The van der Waals surface area contributed by atoms with Crippen molar-refractivity contribution in [3.05, 3.63) is 23.8 Å². The van der Waals surface area contributed by atoms with Crippen LogP contribution in [0.3, 0.4) is 0 Å². The molecule has 0 atom stereocenters. The third-order valence-corrected chi connectivity index (χ3v) is 5.88. The van der Waals surface area contributed by atoms with Crippen LogP contribution in [0.5, 0.6) is 5.75 Å². The average molecular weight is 486 g/mol. The predicted molar refractivity (Wildman–Crippen MR) is 122 cm³/mol. The molecule has 0 radical (unpaired) electrons. The van der Waals surface area contributed by atoms with E-state index in [9.17, 15) is 22.8 Å². The van der Waals surface area contributed by atoms with E-state index in [0.29, 0.717) is 25.9 Å². The average Bonchev–Trinajstić information content (AvgIpc) is 2.74. The van der Waals surface area contributed by atoms with E-state index in [1.54, 1.807) is 25.7 Å². The molecule has 190 valence electrons. The lowest BCUT2D eigenvalue weighted by atomic mass is 9.96. The molecule has 1 heterocycles. The highest BCUT2D eigenvalue weighted by molar-refractivity contribution is 5.91. The number of halogens is 3. The number of carbonyl (C=O) groups is 2. The van der Waals surface area contributed by atoms with E-state index in [4.69, 9.17) is 9.47 Å². The standard InChI is InChI=1S/C24H34F3N3O4/c1-23(2,3)34-22(32)30-13-11-18(12-14-30)33-20-10-9-16(24(25,26)27)15-19(20)29-21(31)28-17-7-5-4-6-8-17/h9-10,15,17-18H,4-8,11-14H2,1-3H3,(H2,28,29,31). The molecule has 34 heavy (non-hydrogen) atoms. The molecule has 1 saturated heterocycles. The van der Waals surface area contributed by atoms with Crippen molar-refractivity contribution in [3.8, 4) is 5.75 Å². The Hall–Kier alpha value is -2.65. The van der Waals surface area contributed by atoms with Crippen LogP contribution in [-0.2, 0) is 10.9 Å². The van der Waals surface area contributed by atoms with Crippen LogP contribution in [0.1, 0.15) is 71.3 Å². The molecule has 1 aliphatic carbocycles. The molecule has 1 saturated carbocycles. The number of ether oxygens (including phenoxy) is 2. The summed E-state index contributed by atoms with van der Waals surface area (Å²) in [5.41, 5.74) is -1.49. The van der Waals surface area contributed by atoms with Crippen LogP contribution in [0.15, 0.2) is 18.2 Å². The van der Waals surface area contributed by atoms with Crippen molar-refractivity contribution in [2.75, 3.05) is 18.4 Å². The van der Waals surface area contributed by atoms with Crippen LogP contribution >= 0.6 is 0 Å². The largest absolute Gasteiger partial charge is 0.488 e.